The highest BCUT2D eigenvalue weighted by molar-refractivity contribution is 5.86. The molecular weight excluding hydrogens is 258 g/mol. The Morgan fingerprint density at radius 2 is 2.14 bits per heavy atom. The zero-order valence-electron chi connectivity index (χ0n) is 12.7. The molecule has 1 aromatic heterocycles. The zero-order chi connectivity index (χ0) is 14.9. The van der Waals surface area contributed by atoms with Crippen LogP contribution in [0.1, 0.15) is 45.1 Å². The Morgan fingerprint density at radius 1 is 1.33 bits per heavy atom. The van der Waals surface area contributed by atoms with E-state index in [1.807, 2.05) is 30.3 Å². The molecule has 1 N–H and O–H groups in total. The predicted octanol–water partition coefficient (Wildman–Crippen LogP) is 4.49. The van der Waals surface area contributed by atoms with Crippen molar-refractivity contribution in [2.45, 2.75) is 45.6 Å². The minimum absolute atomic E-state index is 0.394. The van der Waals surface area contributed by atoms with Crippen molar-refractivity contribution in [1.82, 2.24) is 4.98 Å². The smallest absolute Gasteiger partial charge is 0.128 e. The maximum atomic E-state index is 9.34. The quantitative estimate of drug-likeness (QED) is 0.881. The SMILES string of the molecule is CC1(C)CCCC(Nc2cc(C#N)c3ccccc3n2)C1. The molecule has 1 atom stereocenters. The van der Waals surface area contributed by atoms with Gasteiger partial charge in [0.05, 0.1) is 17.1 Å². The van der Waals surface area contributed by atoms with E-state index >= 15 is 0 Å². The lowest BCUT2D eigenvalue weighted by Gasteiger charge is -2.35. The summed E-state index contributed by atoms with van der Waals surface area (Å²) in [4.78, 5) is 4.66. The number of anilines is 1. The average Bonchev–Trinajstić information content (AvgIpc) is 2.45. The van der Waals surface area contributed by atoms with E-state index in [0.717, 1.165) is 23.1 Å². The summed E-state index contributed by atoms with van der Waals surface area (Å²) in [5, 5.41) is 13.8. The van der Waals surface area contributed by atoms with Gasteiger partial charge in [0.1, 0.15) is 5.82 Å². The summed E-state index contributed by atoms with van der Waals surface area (Å²) in [6.07, 6.45) is 4.88. The lowest BCUT2D eigenvalue weighted by atomic mass is 9.75. The molecular formula is C18H21N3. The van der Waals surface area contributed by atoms with Crippen molar-refractivity contribution in [2.24, 2.45) is 5.41 Å². The van der Waals surface area contributed by atoms with E-state index in [9.17, 15) is 5.26 Å². The van der Waals surface area contributed by atoms with E-state index in [-0.39, 0.29) is 0 Å². The standard InChI is InChI=1S/C18H21N3/c1-18(2)9-5-6-14(11-18)20-17-10-13(12-19)15-7-3-4-8-16(15)21-17/h3-4,7-8,10,14H,5-6,9,11H2,1-2H3,(H,20,21). The first-order chi connectivity index (χ1) is 10.1. The minimum Gasteiger partial charge on any atom is -0.367 e. The van der Waals surface area contributed by atoms with Gasteiger partial charge in [0.15, 0.2) is 0 Å². The van der Waals surface area contributed by atoms with Gasteiger partial charge in [-0.05, 0) is 36.8 Å². The molecule has 0 radical (unpaired) electrons. The van der Waals surface area contributed by atoms with Crippen LogP contribution in [-0.2, 0) is 0 Å². The van der Waals surface area contributed by atoms with Crippen LogP contribution in [0.25, 0.3) is 10.9 Å². The fourth-order valence-electron chi connectivity index (χ4n) is 3.37. The van der Waals surface area contributed by atoms with Gasteiger partial charge < -0.3 is 5.32 Å². The molecule has 1 saturated carbocycles. The van der Waals surface area contributed by atoms with E-state index in [4.69, 9.17) is 0 Å². The van der Waals surface area contributed by atoms with Gasteiger partial charge >= 0.3 is 0 Å². The number of para-hydroxylation sites is 1. The van der Waals surface area contributed by atoms with E-state index in [0.29, 0.717) is 17.0 Å². The number of rotatable bonds is 2. The second-order valence-corrected chi connectivity index (χ2v) is 6.79. The molecule has 1 heterocycles. The number of pyridine rings is 1. The second kappa shape index (κ2) is 5.37. The first kappa shape index (κ1) is 13.9. The van der Waals surface area contributed by atoms with Crippen molar-refractivity contribution in [3.63, 3.8) is 0 Å². The Labute approximate surface area is 126 Å². The lowest BCUT2D eigenvalue weighted by Crippen LogP contribution is -2.32. The number of nitriles is 1. The highest BCUT2D eigenvalue weighted by atomic mass is 15.0. The Morgan fingerprint density at radius 3 is 2.90 bits per heavy atom. The fourth-order valence-corrected chi connectivity index (χ4v) is 3.37. The molecule has 2 aromatic rings. The average molecular weight is 279 g/mol. The summed E-state index contributed by atoms with van der Waals surface area (Å²) in [6, 6.07) is 12.4. The maximum Gasteiger partial charge on any atom is 0.128 e. The number of benzene rings is 1. The molecule has 0 bridgehead atoms. The number of aromatic nitrogens is 1. The molecule has 0 amide bonds. The van der Waals surface area contributed by atoms with E-state index in [1.54, 1.807) is 0 Å². The number of nitrogens with one attached hydrogen (secondary N) is 1. The van der Waals surface area contributed by atoms with Crippen LogP contribution in [0.4, 0.5) is 5.82 Å². The van der Waals surface area contributed by atoms with Crippen LogP contribution < -0.4 is 5.32 Å². The monoisotopic (exact) mass is 279 g/mol. The molecule has 1 fully saturated rings. The fraction of sp³-hybridized carbons (Fsp3) is 0.444. The Balaban J connectivity index is 1.89. The molecule has 21 heavy (non-hydrogen) atoms. The van der Waals surface area contributed by atoms with Gasteiger partial charge in [0.2, 0.25) is 0 Å². The number of hydrogen-bond acceptors (Lipinski definition) is 3. The van der Waals surface area contributed by atoms with Gasteiger partial charge in [-0.15, -0.1) is 0 Å². The summed E-state index contributed by atoms with van der Waals surface area (Å²) in [6.45, 7) is 4.66. The third-order valence-electron chi connectivity index (χ3n) is 4.39. The van der Waals surface area contributed by atoms with Crippen LogP contribution in [0.3, 0.4) is 0 Å². The molecule has 1 aliphatic rings. The first-order valence-corrected chi connectivity index (χ1v) is 7.64. The van der Waals surface area contributed by atoms with Crippen molar-refractivity contribution >= 4 is 16.7 Å². The highest BCUT2D eigenvalue weighted by Crippen LogP contribution is 2.36. The van der Waals surface area contributed by atoms with Gasteiger partial charge in [-0.1, -0.05) is 38.5 Å². The maximum absolute atomic E-state index is 9.34. The van der Waals surface area contributed by atoms with Gasteiger partial charge in [-0.2, -0.15) is 5.26 Å². The van der Waals surface area contributed by atoms with Crippen LogP contribution in [0.15, 0.2) is 30.3 Å². The molecule has 0 saturated heterocycles. The third-order valence-corrected chi connectivity index (χ3v) is 4.39. The topological polar surface area (TPSA) is 48.7 Å². The molecule has 3 heteroatoms. The Kier molecular flexibility index (Phi) is 3.55. The van der Waals surface area contributed by atoms with Crippen LogP contribution in [0.2, 0.25) is 0 Å². The lowest BCUT2D eigenvalue weighted by molar-refractivity contribution is 0.229. The Bertz CT molecular complexity index is 697. The summed E-state index contributed by atoms with van der Waals surface area (Å²) in [5.74, 6) is 0.827. The summed E-state index contributed by atoms with van der Waals surface area (Å²) < 4.78 is 0. The van der Waals surface area contributed by atoms with Crippen LogP contribution >= 0.6 is 0 Å². The highest BCUT2D eigenvalue weighted by Gasteiger charge is 2.28. The number of nitrogens with zero attached hydrogens (tertiary/aromatic N) is 2. The third kappa shape index (κ3) is 3.00. The van der Waals surface area contributed by atoms with Crippen molar-refractivity contribution in [3.8, 4) is 6.07 Å². The molecule has 0 spiro atoms. The van der Waals surface area contributed by atoms with Gasteiger partial charge in [0, 0.05) is 11.4 Å². The summed E-state index contributed by atoms with van der Waals surface area (Å²) in [5.41, 5.74) is 1.97. The van der Waals surface area contributed by atoms with Gasteiger partial charge in [0.25, 0.3) is 0 Å². The number of hydrogen-bond donors (Lipinski definition) is 1. The molecule has 3 rings (SSSR count). The van der Waals surface area contributed by atoms with Crippen LogP contribution in [-0.4, -0.2) is 11.0 Å². The van der Waals surface area contributed by atoms with Gasteiger partial charge in [-0.3, -0.25) is 0 Å². The normalized spacial score (nSPS) is 20.9. The minimum atomic E-state index is 0.394. The predicted molar refractivity (Wildman–Crippen MR) is 86.1 cm³/mol. The van der Waals surface area contributed by atoms with Crippen molar-refractivity contribution in [3.05, 3.63) is 35.9 Å². The molecule has 108 valence electrons. The van der Waals surface area contributed by atoms with E-state index < -0.39 is 0 Å². The second-order valence-electron chi connectivity index (χ2n) is 6.79. The largest absolute Gasteiger partial charge is 0.367 e. The molecule has 1 aliphatic carbocycles. The van der Waals surface area contributed by atoms with Crippen molar-refractivity contribution < 1.29 is 0 Å². The summed E-state index contributed by atoms with van der Waals surface area (Å²) >= 11 is 0. The first-order valence-electron chi connectivity index (χ1n) is 7.64. The molecule has 3 nitrogen and oxygen atoms in total. The number of fused-ring (bicyclic) bond motifs is 1. The molecule has 1 aromatic carbocycles. The van der Waals surface area contributed by atoms with Crippen molar-refractivity contribution in [1.29, 1.82) is 5.26 Å². The molecule has 1 unspecified atom stereocenters. The molecule has 0 aliphatic heterocycles. The van der Waals surface area contributed by atoms with E-state index in [1.165, 1.54) is 19.3 Å². The van der Waals surface area contributed by atoms with Crippen LogP contribution in [0, 0.1) is 16.7 Å². The van der Waals surface area contributed by atoms with Gasteiger partial charge in [-0.25, -0.2) is 4.98 Å². The van der Waals surface area contributed by atoms with Crippen molar-refractivity contribution in [2.75, 3.05) is 5.32 Å². The van der Waals surface area contributed by atoms with Crippen LogP contribution in [0.5, 0.6) is 0 Å². The zero-order valence-corrected chi connectivity index (χ0v) is 12.7. The Hall–Kier alpha value is -2.08. The summed E-state index contributed by atoms with van der Waals surface area (Å²) in [7, 11) is 0. The van der Waals surface area contributed by atoms with E-state index in [2.05, 4.69) is 30.2 Å².